The number of thiocarbonyl (C=S) groups is 1. The van der Waals surface area contributed by atoms with Crippen molar-refractivity contribution in [3.05, 3.63) is 34.2 Å². The minimum absolute atomic E-state index is 0.202. The third kappa shape index (κ3) is 3.16. The van der Waals surface area contributed by atoms with E-state index in [1.807, 2.05) is 6.92 Å². The number of nitrogens with two attached hydrogens (primary N) is 1. The zero-order valence-electron chi connectivity index (χ0n) is 8.90. The molecule has 0 aromatic carbocycles. The number of H-pyrrole nitrogens is 1. The molecule has 5 nitrogen and oxygen atoms in total. The van der Waals surface area contributed by atoms with Crippen molar-refractivity contribution in [1.82, 2.24) is 9.88 Å². The Morgan fingerprint density at radius 3 is 2.69 bits per heavy atom. The molecule has 0 atom stereocenters. The summed E-state index contributed by atoms with van der Waals surface area (Å²) in [4.78, 5) is 27.0. The number of hydrogen-bond acceptors (Lipinski definition) is 3. The highest BCUT2D eigenvalue weighted by Crippen LogP contribution is 2.01. The third-order valence-corrected chi connectivity index (χ3v) is 2.18. The van der Waals surface area contributed by atoms with Gasteiger partial charge in [-0.3, -0.25) is 9.59 Å². The van der Waals surface area contributed by atoms with Crippen molar-refractivity contribution in [2.24, 2.45) is 5.73 Å². The van der Waals surface area contributed by atoms with Crippen LogP contribution < -0.4 is 11.3 Å². The number of carbonyl (C=O) groups is 1. The van der Waals surface area contributed by atoms with E-state index in [4.69, 9.17) is 18.0 Å². The van der Waals surface area contributed by atoms with Gasteiger partial charge in [-0.2, -0.15) is 0 Å². The maximum absolute atomic E-state index is 11.9. The summed E-state index contributed by atoms with van der Waals surface area (Å²) in [6.07, 6.45) is 1.38. The van der Waals surface area contributed by atoms with Gasteiger partial charge in [0.05, 0.1) is 17.1 Å². The fourth-order valence-corrected chi connectivity index (χ4v) is 1.40. The second-order valence-corrected chi connectivity index (χ2v) is 3.75. The van der Waals surface area contributed by atoms with E-state index in [9.17, 15) is 9.59 Å². The van der Waals surface area contributed by atoms with Gasteiger partial charge in [0.1, 0.15) is 0 Å². The Morgan fingerprint density at radius 1 is 1.56 bits per heavy atom. The van der Waals surface area contributed by atoms with Gasteiger partial charge in [-0.1, -0.05) is 12.2 Å². The molecule has 0 radical (unpaired) electrons. The monoisotopic (exact) mass is 239 g/mol. The van der Waals surface area contributed by atoms with Gasteiger partial charge in [-0.25, -0.2) is 0 Å². The number of likely N-dealkylation sites (N-methyl/N-ethyl adjacent to an activating group) is 1. The summed E-state index contributed by atoms with van der Waals surface area (Å²) < 4.78 is 0. The molecule has 16 heavy (non-hydrogen) atoms. The molecule has 0 unspecified atom stereocenters. The van der Waals surface area contributed by atoms with Gasteiger partial charge >= 0.3 is 0 Å². The van der Waals surface area contributed by atoms with Crippen molar-refractivity contribution in [1.29, 1.82) is 0 Å². The van der Waals surface area contributed by atoms with E-state index in [2.05, 4.69) is 4.98 Å². The highest BCUT2D eigenvalue weighted by molar-refractivity contribution is 7.80. The molecular weight excluding hydrogens is 226 g/mol. The number of amides is 1. The van der Waals surface area contributed by atoms with Crippen molar-refractivity contribution < 1.29 is 4.79 Å². The van der Waals surface area contributed by atoms with Crippen LogP contribution in [0, 0.1) is 0 Å². The van der Waals surface area contributed by atoms with Gasteiger partial charge in [-0.05, 0) is 13.0 Å². The highest BCUT2D eigenvalue weighted by Gasteiger charge is 2.14. The van der Waals surface area contributed by atoms with Crippen molar-refractivity contribution >= 4 is 23.1 Å². The second-order valence-electron chi connectivity index (χ2n) is 3.23. The first kappa shape index (κ1) is 12.4. The molecule has 6 heteroatoms. The smallest absolute Gasteiger partial charge is 0.255 e. The number of pyridine rings is 1. The van der Waals surface area contributed by atoms with Crippen molar-refractivity contribution in [3.8, 4) is 0 Å². The Bertz CT molecular complexity index is 435. The molecule has 0 fully saturated rings. The Kier molecular flexibility index (Phi) is 4.19. The molecule has 3 N–H and O–H groups in total. The number of rotatable bonds is 4. The van der Waals surface area contributed by atoms with E-state index in [-0.39, 0.29) is 23.0 Å². The van der Waals surface area contributed by atoms with E-state index in [1.54, 1.807) is 0 Å². The number of nitrogens with one attached hydrogen (secondary N) is 1. The lowest BCUT2D eigenvalue weighted by atomic mass is 10.2. The Balaban J connectivity index is 2.86. The van der Waals surface area contributed by atoms with Crippen LogP contribution in [0.2, 0.25) is 0 Å². The van der Waals surface area contributed by atoms with E-state index in [1.165, 1.54) is 23.2 Å². The molecule has 1 aromatic rings. The first-order valence-corrected chi connectivity index (χ1v) is 5.21. The Hall–Kier alpha value is -1.69. The van der Waals surface area contributed by atoms with Crippen molar-refractivity contribution in [2.45, 2.75) is 6.92 Å². The standard InChI is InChI=1S/C10H13N3O2S/c1-2-13(6-8(11)16)10(15)7-3-4-9(14)12-5-7/h3-5H,2,6H2,1H3,(H2,11,16)(H,12,14). The van der Waals surface area contributed by atoms with Gasteiger partial charge in [0, 0.05) is 18.8 Å². The number of carbonyl (C=O) groups excluding carboxylic acids is 1. The predicted molar refractivity (Wildman–Crippen MR) is 65.4 cm³/mol. The average Bonchev–Trinajstić information content (AvgIpc) is 2.25. The molecule has 1 amide bonds. The number of nitrogens with zero attached hydrogens (tertiary/aromatic N) is 1. The molecule has 0 spiro atoms. The number of hydrogen-bond donors (Lipinski definition) is 2. The summed E-state index contributed by atoms with van der Waals surface area (Å²) in [5.74, 6) is -0.202. The van der Waals surface area contributed by atoms with Gasteiger partial charge < -0.3 is 15.6 Å². The molecule has 0 bridgehead atoms. The molecular formula is C10H13N3O2S. The average molecular weight is 239 g/mol. The summed E-state index contributed by atoms with van der Waals surface area (Å²) in [7, 11) is 0. The first-order chi connectivity index (χ1) is 7.54. The third-order valence-electron chi connectivity index (χ3n) is 2.05. The molecule has 1 aromatic heterocycles. The molecule has 0 aliphatic carbocycles. The molecule has 1 rings (SSSR count). The normalized spacial score (nSPS) is 9.81. The van der Waals surface area contributed by atoms with E-state index in [0.717, 1.165) is 0 Å². The van der Waals surface area contributed by atoms with Crippen molar-refractivity contribution in [3.63, 3.8) is 0 Å². The quantitative estimate of drug-likeness (QED) is 0.732. The van der Waals surface area contributed by atoms with Crippen LogP contribution >= 0.6 is 12.2 Å². The highest BCUT2D eigenvalue weighted by atomic mass is 32.1. The maximum Gasteiger partial charge on any atom is 0.255 e. The fraction of sp³-hybridized carbons (Fsp3) is 0.300. The van der Waals surface area contributed by atoms with E-state index < -0.39 is 0 Å². The summed E-state index contributed by atoms with van der Waals surface area (Å²) in [6, 6.07) is 2.78. The van der Waals surface area contributed by atoms with Gasteiger partial charge in [0.2, 0.25) is 5.56 Å². The minimum Gasteiger partial charge on any atom is -0.392 e. The van der Waals surface area contributed by atoms with E-state index >= 15 is 0 Å². The lowest BCUT2D eigenvalue weighted by Gasteiger charge is -2.19. The second kappa shape index (κ2) is 5.41. The van der Waals surface area contributed by atoms with Crippen LogP contribution in [0.1, 0.15) is 17.3 Å². The minimum atomic E-state index is -0.242. The summed E-state index contributed by atoms with van der Waals surface area (Å²) in [5, 5.41) is 0. The largest absolute Gasteiger partial charge is 0.392 e. The van der Waals surface area contributed by atoms with Gasteiger partial charge in [0.25, 0.3) is 5.91 Å². The first-order valence-electron chi connectivity index (χ1n) is 4.81. The topological polar surface area (TPSA) is 79.2 Å². The Morgan fingerprint density at radius 2 is 2.25 bits per heavy atom. The number of aromatic amines is 1. The Labute approximate surface area is 98.3 Å². The van der Waals surface area contributed by atoms with Crippen LogP contribution in [0.25, 0.3) is 0 Å². The SMILES string of the molecule is CCN(CC(N)=S)C(=O)c1ccc(=O)[nH]c1. The summed E-state index contributed by atoms with van der Waals surface area (Å²) in [5.41, 5.74) is 5.56. The number of aromatic nitrogens is 1. The van der Waals surface area contributed by atoms with Crippen LogP contribution in [0.15, 0.2) is 23.1 Å². The van der Waals surface area contributed by atoms with Crippen LogP contribution in [0.3, 0.4) is 0 Å². The van der Waals surface area contributed by atoms with Crippen LogP contribution in [-0.2, 0) is 0 Å². The molecule has 0 saturated heterocycles. The lowest BCUT2D eigenvalue weighted by Crippen LogP contribution is -2.37. The lowest BCUT2D eigenvalue weighted by molar-refractivity contribution is 0.0787. The van der Waals surface area contributed by atoms with Gasteiger partial charge in [-0.15, -0.1) is 0 Å². The maximum atomic E-state index is 11.9. The van der Waals surface area contributed by atoms with Crippen LogP contribution in [0.5, 0.6) is 0 Å². The van der Waals surface area contributed by atoms with Crippen LogP contribution in [0.4, 0.5) is 0 Å². The van der Waals surface area contributed by atoms with Crippen LogP contribution in [-0.4, -0.2) is 33.9 Å². The summed E-state index contributed by atoms with van der Waals surface area (Å²) in [6.45, 7) is 2.58. The molecule has 0 aliphatic heterocycles. The molecule has 1 heterocycles. The molecule has 86 valence electrons. The molecule has 0 saturated carbocycles. The van der Waals surface area contributed by atoms with Crippen molar-refractivity contribution in [2.75, 3.05) is 13.1 Å². The fourth-order valence-electron chi connectivity index (χ4n) is 1.24. The predicted octanol–water partition coefficient (Wildman–Crippen LogP) is 0.123. The van der Waals surface area contributed by atoms with Gasteiger partial charge in [0.15, 0.2) is 0 Å². The zero-order valence-corrected chi connectivity index (χ0v) is 9.71. The zero-order chi connectivity index (χ0) is 12.1. The summed E-state index contributed by atoms with van der Waals surface area (Å²) >= 11 is 4.75. The molecule has 0 aliphatic rings. The van der Waals surface area contributed by atoms with E-state index in [0.29, 0.717) is 12.1 Å².